The van der Waals surface area contributed by atoms with E-state index in [9.17, 15) is 14.4 Å². The standard InChI is InChI=1S/C32H37N3O6/c1-20(36)35-25-14-12-22-17-28(39-2)31(40-3)32(41-4)30(22)23-13-15-26(27(37)18-24(23)25)33-16-8-11-29(38)34-19-21-9-6-5-7-10-21/h5-7,9-10,13,15,17-18,25H,8,11-12,14,16,19H2,1-4H3,(H,33,37)(H,34,38)(H,35,36)/t25-/m0/s1. The molecule has 9 heteroatoms. The lowest BCUT2D eigenvalue weighted by Crippen LogP contribution is -2.26. The van der Waals surface area contributed by atoms with Crippen LogP contribution in [0.4, 0.5) is 5.69 Å². The Hall–Kier alpha value is -4.53. The van der Waals surface area contributed by atoms with Crippen molar-refractivity contribution in [2.75, 3.05) is 33.2 Å². The third kappa shape index (κ3) is 6.98. The molecule has 0 aliphatic heterocycles. The molecule has 0 aromatic heterocycles. The minimum absolute atomic E-state index is 0.0467. The molecule has 2 amide bonds. The SMILES string of the molecule is COc1cc2c(c(OC)c1OC)-c1ccc(NCCCC(=O)NCc3ccccc3)c(=O)cc1[C@@H](NC(C)=O)CC2. The Bertz CT molecular complexity index is 1460. The zero-order valence-electron chi connectivity index (χ0n) is 24.0. The number of fused-ring (bicyclic) bond motifs is 3. The summed E-state index contributed by atoms with van der Waals surface area (Å²) in [6.07, 6.45) is 2.10. The van der Waals surface area contributed by atoms with Gasteiger partial charge in [-0.3, -0.25) is 14.4 Å². The fourth-order valence-electron chi connectivity index (χ4n) is 5.21. The maximum atomic E-state index is 13.4. The number of aryl methyl sites for hydroxylation is 1. The van der Waals surface area contributed by atoms with E-state index in [1.807, 2.05) is 42.5 Å². The average molecular weight is 560 g/mol. The third-order valence-electron chi connectivity index (χ3n) is 7.14. The van der Waals surface area contributed by atoms with E-state index in [4.69, 9.17) is 14.2 Å². The van der Waals surface area contributed by atoms with Crippen molar-refractivity contribution in [3.05, 3.63) is 81.5 Å². The van der Waals surface area contributed by atoms with Gasteiger partial charge in [-0.1, -0.05) is 36.4 Å². The fourth-order valence-corrected chi connectivity index (χ4v) is 5.21. The van der Waals surface area contributed by atoms with Gasteiger partial charge in [0.15, 0.2) is 11.5 Å². The van der Waals surface area contributed by atoms with Crippen molar-refractivity contribution < 1.29 is 23.8 Å². The van der Waals surface area contributed by atoms with Gasteiger partial charge >= 0.3 is 0 Å². The molecule has 1 aliphatic carbocycles. The van der Waals surface area contributed by atoms with Gasteiger partial charge in [-0.05, 0) is 59.7 Å². The second-order valence-electron chi connectivity index (χ2n) is 9.89. The smallest absolute Gasteiger partial charge is 0.220 e. The van der Waals surface area contributed by atoms with Gasteiger partial charge in [0.05, 0.1) is 33.1 Å². The Labute approximate surface area is 240 Å². The highest BCUT2D eigenvalue weighted by molar-refractivity contribution is 5.83. The molecule has 3 N–H and O–H groups in total. The second-order valence-corrected chi connectivity index (χ2v) is 9.89. The van der Waals surface area contributed by atoms with Gasteiger partial charge in [-0.25, -0.2) is 0 Å². The third-order valence-corrected chi connectivity index (χ3v) is 7.14. The summed E-state index contributed by atoms with van der Waals surface area (Å²) in [6, 6.07) is 16.5. The van der Waals surface area contributed by atoms with E-state index < -0.39 is 0 Å². The van der Waals surface area contributed by atoms with Crippen LogP contribution in [0.15, 0.2) is 59.4 Å². The van der Waals surface area contributed by atoms with Crippen LogP contribution in [0, 0.1) is 0 Å². The first-order chi connectivity index (χ1) is 19.9. The van der Waals surface area contributed by atoms with Crippen molar-refractivity contribution in [2.45, 2.75) is 45.2 Å². The molecule has 0 unspecified atom stereocenters. The first-order valence-corrected chi connectivity index (χ1v) is 13.7. The summed E-state index contributed by atoms with van der Waals surface area (Å²) in [6.45, 7) is 2.39. The van der Waals surface area contributed by atoms with Crippen LogP contribution in [0.2, 0.25) is 0 Å². The number of nitrogens with one attached hydrogen (secondary N) is 3. The fraction of sp³-hybridized carbons (Fsp3) is 0.344. The minimum Gasteiger partial charge on any atom is -0.493 e. The van der Waals surface area contributed by atoms with Crippen LogP contribution in [-0.4, -0.2) is 39.7 Å². The first-order valence-electron chi connectivity index (χ1n) is 13.7. The predicted octanol–water partition coefficient (Wildman–Crippen LogP) is 4.37. The van der Waals surface area contributed by atoms with E-state index in [1.165, 1.54) is 6.92 Å². The minimum atomic E-state index is -0.377. The van der Waals surface area contributed by atoms with Gasteiger partial charge in [-0.2, -0.15) is 0 Å². The first kappa shape index (κ1) is 29.5. The molecule has 3 aromatic carbocycles. The van der Waals surface area contributed by atoms with Crippen LogP contribution in [-0.2, 0) is 22.6 Å². The summed E-state index contributed by atoms with van der Waals surface area (Å²) in [5.74, 6) is 1.27. The molecule has 3 aromatic rings. The largest absolute Gasteiger partial charge is 0.493 e. The van der Waals surface area contributed by atoms with E-state index in [-0.39, 0.29) is 23.3 Å². The van der Waals surface area contributed by atoms with Crippen molar-refractivity contribution in [3.63, 3.8) is 0 Å². The van der Waals surface area contributed by atoms with Crippen molar-refractivity contribution in [3.8, 4) is 28.4 Å². The number of rotatable bonds is 11. The lowest BCUT2D eigenvalue weighted by molar-refractivity contribution is -0.121. The van der Waals surface area contributed by atoms with Gasteiger partial charge in [0.25, 0.3) is 0 Å². The van der Waals surface area contributed by atoms with Gasteiger partial charge in [0.1, 0.15) is 0 Å². The van der Waals surface area contributed by atoms with Gasteiger partial charge in [0, 0.05) is 32.0 Å². The molecule has 0 bridgehead atoms. The Morgan fingerprint density at radius 1 is 0.951 bits per heavy atom. The van der Waals surface area contributed by atoms with Crippen molar-refractivity contribution in [1.29, 1.82) is 0 Å². The molecule has 4 rings (SSSR count). The van der Waals surface area contributed by atoms with Crippen LogP contribution in [0.5, 0.6) is 17.2 Å². The summed E-state index contributed by atoms with van der Waals surface area (Å²) in [4.78, 5) is 37.8. The van der Waals surface area contributed by atoms with Gasteiger partial charge < -0.3 is 30.2 Å². The number of ether oxygens (including phenoxy) is 3. The summed E-state index contributed by atoms with van der Waals surface area (Å²) < 4.78 is 17.0. The zero-order valence-corrected chi connectivity index (χ0v) is 24.0. The number of benzene rings is 2. The van der Waals surface area contributed by atoms with Crippen molar-refractivity contribution in [1.82, 2.24) is 10.6 Å². The molecular formula is C32H37N3O6. The number of carbonyl (C=O) groups excluding carboxylic acids is 2. The quantitative estimate of drug-likeness (QED) is 0.299. The van der Waals surface area contributed by atoms with Crippen LogP contribution in [0.1, 0.15) is 48.9 Å². The van der Waals surface area contributed by atoms with E-state index in [1.54, 1.807) is 33.5 Å². The Kier molecular flexibility index (Phi) is 9.84. The lowest BCUT2D eigenvalue weighted by Gasteiger charge is -2.19. The number of amides is 2. The maximum absolute atomic E-state index is 13.4. The molecule has 0 saturated heterocycles. The normalized spacial score (nSPS) is 13.6. The molecule has 0 spiro atoms. The number of methoxy groups -OCH3 is 3. The van der Waals surface area contributed by atoms with Crippen LogP contribution >= 0.6 is 0 Å². The van der Waals surface area contributed by atoms with Crippen molar-refractivity contribution in [2.24, 2.45) is 0 Å². The molecule has 41 heavy (non-hydrogen) atoms. The zero-order chi connectivity index (χ0) is 29.4. The number of hydrogen-bond acceptors (Lipinski definition) is 7. The van der Waals surface area contributed by atoms with Crippen LogP contribution in [0.25, 0.3) is 11.1 Å². The molecular weight excluding hydrogens is 522 g/mol. The van der Waals surface area contributed by atoms with Gasteiger partial charge in [0.2, 0.25) is 23.0 Å². The molecule has 9 nitrogen and oxygen atoms in total. The van der Waals surface area contributed by atoms with E-state index >= 15 is 0 Å². The summed E-state index contributed by atoms with van der Waals surface area (Å²) in [5, 5.41) is 9.13. The molecule has 0 saturated carbocycles. The molecule has 1 aliphatic rings. The highest BCUT2D eigenvalue weighted by Gasteiger charge is 2.29. The summed E-state index contributed by atoms with van der Waals surface area (Å²) in [5.41, 5.74) is 4.46. The monoisotopic (exact) mass is 559 g/mol. The molecule has 0 fully saturated rings. The molecule has 0 radical (unpaired) electrons. The molecule has 0 heterocycles. The number of anilines is 1. The highest BCUT2D eigenvalue weighted by Crippen LogP contribution is 2.50. The Morgan fingerprint density at radius 3 is 2.39 bits per heavy atom. The van der Waals surface area contributed by atoms with Crippen LogP contribution < -0.4 is 35.6 Å². The second kappa shape index (κ2) is 13.7. The Morgan fingerprint density at radius 2 is 1.71 bits per heavy atom. The van der Waals surface area contributed by atoms with E-state index in [0.717, 1.165) is 22.3 Å². The number of carbonyl (C=O) groups is 2. The molecule has 216 valence electrons. The molecule has 1 atom stereocenters. The highest BCUT2D eigenvalue weighted by atomic mass is 16.5. The maximum Gasteiger partial charge on any atom is 0.220 e. The van der Waals surface area contributed by atoms with Crippen LogP contribution in [0.3, 0.4) is 0 Å². The summed E-state index contributed by atoms with van der Waals surface area (Å²) in [7, 11) is 4.69. The Balaban J connectivity index is 1.60. The number of hydrogen-bond donors (Lipinski definition) is 3. The van der Waals surface area contributed by atoms with E-state index in [0.29, 0.717) is 67.3 Å². The topological polar surface area (TPSA) is 115 Å². The average Bonchev–Trinajstić information content (AvgIpc) is 3.22. The predicted molar refractivity (Wildman–Crippen MR) is 159 cm³/mol. The summed E-state index contributed by atoms with van der Waals surface area (Å²) >= 11 is 0. The van der Waals surface area contributed by atoms with Crippen molar-refractivity contribution >= 4 is 17.5 Å². The van der Waals surface area contributed by atoms with E-state index in [2.05, 4.69) is 16.0 Å². The lowest BCUT2D eigenvalue weighted by atomic mass is 9.95. The van der Waals surface area contributed by atoms with Gasteiger partial charge in [-0.15, -0.1) is 0 Å².